The second-order valence-corrected chi connectivity index (χ2v) is 5.35. The molecule has 1 aromatic heterocycles. The zero-order chi connectivity index (χ0) is 12.6. The number of nitrogens with zero attached hydrogens (tertiary/aromatic N) is 1. The number of anilines is 1. The number of nitrogens with two attached hydrogens (primary N) is 1. The zero-order valence-electron chi connectivity index (χ0n) is 10.7. The number of aromatic nitrogens is 1. The summed E-state index contributed by atoms with van der Waals surface area (Å²) in [6.45, 7) is 8.50. The average molecular weight is 230 g/mol. The van der Waals surface area contributed by atoms with E-state index >= 15 is 0 Å². The minimum Gasteiger partial charge on any atom is -0.367 e. The molecule has 1 aromatic carbocycles. The maximum absolute atomic E-state index is 5.65. The van der Waals surface area contributed by atoms with Crippen LogP contribution in [0.2, 0.25) is 0 Å². The summed E-state index contributed by atoms with van der Waals surface area (Å²) in [5, 5.41) is 3.98. The van der Waals surface area contributed by atoms with Crippen LogP contribution in [0.3, 0.4) is 0 Å². The Morgan fingerprint density at radius 2 is 1.71 bits per heavy atom. The van der Waals surface area contributed by atoms with Crippen molar-refractivity contribution in [2.24, 2.45) is 0 Å². The molecule has 0 fully saturated rings. The lowest BCUT2D eigenvalue weighted by Crippen LogP contribution is -2.10. The van der Waals surface area contributed by atoms with Crippen LogP contribution in [-0.2, 0) is 5.41 Å². The zero-order valence-corrected chi connectivity index (χ0v) is 10.7. The maximum atomic E-state index is 5.65. The Morgan fingerprint density at radius 3 is 2.12 bits per heavy atom. The first-order chi connectivity index (χ1) is 7.89. The molecule has 0 radical (unpaired) electrons. The largest absolute Gasteiger partial charge is 0.367 e. The van der Waals surface area contributed by atoms with E-state index in [-0.39, 0.29) is 5.41 Å². The third kappa shape index (κ3) is 2.18. The van der Waals surface area contributed by atoms with Crippen molar-refractivity contribution < 1.29 is 4.52 Å². The summed E-state index contributed by atoms with van der Waals surface area (Å²) in [4.78, 5) is 0. The van der Waals surface area contributed by atoms with Crippen molar-refractivity contribution in [3.05, 3.63) is 35.4 Å². The van der Waals surface area contributed by atoms with Gasteiger partial charge in [0.25, 0.3) is 0 Å². The van der Waals surface area contributed by atoms with E-state index in [1.807, 2.05) is 6.92 Å². The first kappa shape index (κ1) is 11.7. The van der Waals surface area contributed by atoms with Crippen LogP contribution in [0.5, 0.6) is 0 Å². The van der Waals surface area contributed by atoms with Gasteiger partial charge >= 0.3 is 0 Å². The first-order valence-corrected chi connectivity index (χ1v) is 5.72. The monoisotopic (exact) mass is 230 g/mol. The molecule has 2 rings (SSSR count). The molecule has 0 amide bonds. The van der Waals surface area contributed by atoms with E-state index in [4.69, 9.17) is 10.3 Å². The maximum Gasteiger partial charge on any atom is 0.225 e. The predicted molar refractivity (Wildman–Crippen MR) is 69.8 cm³/mol. The van der Waals surface area contributed by atoms with Gasteiger partial charge in [-0.1, -0.05) is 50.2 Å². The Hall–Kier alpha value is -1.77. The predicted octanol–water partition coefficient (Wildman–Crippen LogP) is 3.53. The molecule has 17 heavy (non-hydrogen) atoms. The highest BCUT2D eigenvalue weighted by molar-refractivity contribution is 5.66. The van der Waals surface area contributed by atoms with E-state index in [1.54, 1.807) is 0 Å². The van der Waals surface area contributed by atoms with Crippen LogP contribution in [-0.4, -0.2) is 5.16 Å². The van der Waals surface area contributed by atoms with E-state index in [1.165, 1.54) is 5.56 Å². The highest BCUT2D eigenvalue weighted by Crippen LogP contribution is 2.28. The second kappa shape index (κ2) is 3.91. The van der Waals surface area contributed by atoms with Crippen molar-refractivity contribution in [1.29, 1.82) is 0 Å². The Balaban J connectivity index is 2.40. The van der Waals surface area contributed by atoms with Crippen molar-refractivity contribution in [3.8, 4) is 11.3 Å². The molecule has 0 saturated heterocycles. The standard InChI is InChI=1S/C14H18N2O/c1-9-12(16-17-13(9)15)10-5-7-11(8-6-10)14(2,3)4/h5-8H,15H2,1-4H3. The topological polar surface area (TPSA) is 52.0 Å². The Labute approximate surface area is 102 Å². The molecule has 1 heterocycles. The molecular weight excluding hydrogens is 212 g/mol. The molecule has 0 aliphatic carbocycles. The van der Waals surface area contributed by atoms with Gasteiger partial charge in [0.15, 0.2) is 0 Å². The molecule has 0 saturated carbocycles. The van der Waals surface area contributed by atoms with Crippen molar-refractivity contribution in [3.63, 3.8) is 0 Å². The summed E-state index contributed by atoms with van der Waals surface area (Å²) in [6, 6.07) is 8.37. The van der Waals surface area contributed by atoms with Crippen molar-refractivity contribution in [1.82, 2.24) is 5.16 Å². The normalized spacial score (nSPS) is 11.8. The van der Waals surface area contributed by atoms with Crippen molar-refractivity contribution in [2.45, 2.75) is 33.1 Å². The molecule has 0 aliphatic rings. The van der Waals surface area contributed by atoms with E-state index in [0.717, 1.165) is 16.8 Å². The lowest BCUT2D eigenvalue weighted by Gasteiger charge is -2.18. The van der Waals surface area contributed by atoms with E-state index in [2.05, 4.69) is 50.2 Å². The SMILES string of the molecule is Cc1c(-c2ccc(C(C)(C)C)cc2)noc1N. The second-order valence-electron chi connectivity index (χ2n) is 5.35. The van der Waals surface area contributed by atoms with Gasteiger partial charge in [-0.3, -0.25) is 0 Å². The molecule has 0 bridgehead atoms. The van der Waals surface area contributed by atoms with Crippen LogP contribution in [0.4, 0.5) is 5.88 Å². The number of rotatable bonds is 1. The van der Waals surface area contributed by atoms with Gasteiger partial charge in [-0.2, -0.15) is 0 Å². The van der Waals surface area contributed by atoms with Crippen LogP contribution < -0.4 is 5.73 Å². The molecule has 0 spiro atoms. The van der Waals surface area contributed by atoms with E-state index in [0.29, 0.717) is 5.88 Å². The van der Waals surface area contributed by atoms with E-state index in [9.17, 15) is 0 Å². The fourth-order valence-corrected chi connectivity index (χ4v) is 1.75. The summed E-state index contributed by atoms with van der Waals surface area (Å²) in [5.41, 5.74) is 9.87. The summed E-state index contributed by atoms with van der Waals surface area (Å²) in [7, 11) is 0. The number of nitrogen functional groups attached to an aromatic ring is 1. The van der Waals surface area contributed by atoms with Crippen LogP contribution >= 0.6 is 0 Å². The summed E-state index contributed by atoms with van der Waals surface area (Å²) in [6.07, 6.45) is 0. The Kier molecular flexibility index (Phi) is 2.69. The molecule has 2 N–H and O–H groups in total. The van der Waals surface area contributed by atoms with Crippen molar-refractivity contribution >= 4 is 5.88 Å². The van der Waals surface area contributed by atoms with Crippen molar-refractivity contribution in [2.75, 3.05) is 5.73 Å². The van der Waals surface area contributed by atoms with E-state index < -0.39 is 0 Å². The average Bonchev–Trinajstić information content (AvgIpc) is 2.59. The van der Waals surface area contributed by atoms with Gasteiger partial charge in [0, 0.05) is 11.1 Å². The van der Waals surface area contributed by atoms with Gasteiger partial charge in [-0.15, -0.1) is 0 Å². The lowest BCUT2D eigenvalue weighted by atomic mass is 9.86. The van der Waals surface area contributed by atoms with Gasteiger partial charge in [0.1, 0.15) is 5.69 Å². The van der Waals surface area contributed by atoms with Gasteiger partial charge in [-0.25, -0.2) is 0 Å². The molecule has 3 heteroatoms. The molecule has 3 nitrogen and oxygen atoms in total. The highest BCUT2D eigenvalue weighted by atomic mass is 16.5. The summed E-state index contributed by atoms with van der Waals surface area (Å²) >= 11 is 0. The van der Waals surface area contributed by atoms with Crippen LogP contribution in [0.1, 0.15) is 31.9 Å². The molecule has 0 atom stereocenters. The fourth-order valence-electron chi connectivity index (χ4n) is 1.75. The van der Waals surface area contributed by atoms with Gasteiger partial charge in [-0.05, 0) is 17.9 Å². The molecule has 90 valence electrons. The van der Waals surface area contributed by atoms with Crippen LogP contribution in [0.15, 0.2) is 28.8 Å². The van der Waals surface area contributed by atoms with Gasteiger partial charge < -0.3 is 10.3 Å². The lowest BCUT2D eigenvalue weighted by molar-refractivity contribution is 0.439. The Bertz CT molecular complexity index is 518. The molecule has 2 aromatic rings. The highest BCUT2D eigenvalue weighted by Gasteiger charge is 2.15. The quantitative estimate of drug-likeness (QED) is 0.815. The first-order valence-electron chi connectivity index (χ1n) is 5.72. The molecule has 0 unspecified atom stereocenters. The Morgan fingerprint density at radius 1 is 1.12 bits per heavy atom. The minimum atomic E-state index is 0.163. The molecule has 0 aliphatic heterocycles. The molecular formula is C14H18N2O. The summed E-state index contributed by atoms with van der Waals surface area (Å²) < 4.78 is 4.97. The third-order valence-electron chi connectivity index (χ3n) is 2.98. The fraction of sp³-hybridized carbons (Fsp3) is 0.357. The smallest absolute Gasteiger partial charge is 0.225 e. The number of hydrogen-bond donors (Lipinski definition) is 1. The number of benzene rings is 1. The van der Waals surface area contributed by atoms with Crippen LogP contribution in [0.25, 0.3) is 11.3 Å². The van der Waals surface area contributed by atoms with Gasteiger partial charge in [0.05, 0.1) is 0 Å². The van der Waals surface area contributed by atoms with Gasteiger partial charge in [0.2, 0.25) is 5.88 Å². The van der Waals surface area contributed by atoms with Crippen LogP contribution in [0, 0.1) is 6.92 Å². The summed E-state index contributed by atoms with van der Waals surface area (Å²) in [5.74, 6) is 0.389. The number of hydrogen-bond acceptors (Lipinski definition) is 3. The third-order valence-corrected chi connectivity index (χ3v) is 2.98. The minimum absolute atomic E-state index is 0.163.